The van der Waals surface area contributed by atoms with Gasteiger partial charge in [-0.1, -0.05) is 105 Å². The zero-order valence-electron chi connectivity index (χ0n) is 16.1. The van der Waals surface area contributed by atoms with Crippen molar-refractivity contribution in [1.82, 2.24) is 0 Å². The highest BCUT2D eigenvalue weighted by molar-refractivity contribution is 5.32. The Kier molecular flexibility index (Phi) is 7.53. The van der Waals surface area contributed by atoms with Gasteiger partial charge >= 0.3 is 0 Å². The summed E-state index contributed by atoms with van der Waals surface area (Å²) in [6.45, 7) is 0. The molecule has 0 spiro atoms. The molecule has 0 saturated carbocycles. The van der Waals surface area contributed by atoms with E-state index in [4.69, 9.17) is 0 Å². The first-order valence-electron chi connectivity index (χ1n) is 10.2. The van der Waals surface area contributed by atoms with Crippen molar-refractivity contribution < 1.29 is 5.11 Å². The third kappa shape index (κ3) is 5.99. The van der Waals surface area contributed by atoms with Crippen molar-refractivity contribution in [3.05, 3.63) is 102 Å². The Morgan fingerprint density at radius 3 is 1.70 bits per heavy atom. The number of para-hydroxylation sites is 1. The van der Waals surface area contributed by atoms with E-state index in [0.29, 0.717) is 11.7 Å². The summed E-state index contributed by atoms with van der Waals surface area (Å²) in [5.74, 6) is 0.930. The summed E-state index contributed by atoms with van der Waals surface area (Å²) in [5, 5.41) is 9.83. The Bertz CT molecular complexity index is 740. The van der Waals surface area contributed by atoms with Gasteiger partial charge in [0.25, 0.3) is 0 Å². The molecule has 0 saturated heterocycles. The zero-order chi connectivity index (χ0) is 18.7. The molecule has 0 unspecified atom stereocenters. The lowest BCUT2D eigenvalue weighted by Crippen LogP contribution is -2.01. The van der Waals surface area contributed by atoms with Crippen LogP contribution in [0.3, 0.4) is 0 Å². The number of phenolic OH excluding ortho intramolecular Hbond substituents is 1. The summed E-state index contributed by atoms with van der Waals surface area (Å²) in [7, 11) is 0. The zero-order valence-corrected chi connectivity index (χ0v) is 16.1. The summed E-state index contributed by atoms with van der Waals surface area (Å²) in [6, 6.07) is 29.5. The van der Waals surface area contributed by atoms with Crippen LogP contribution in [0.1, 0.15) is 61.1 Å². The molecule has 0 atom stereocenters. The molecule has 0 aliphatic carbocycles. The van der Waals surface area contributed by atoms with E-state index in [9.17, 15) is 5.11 Å². The van der Waals surface area contributed by atoms with Gasteiger partial charge in [0.05, 0.1) is 0 Å². The standard InChI is InChI=1S/C26H30O/c27-26-21-13-12-19-24(26)18-6-2-1-3-11-20-25(22-14-7-4-8-15-22)23-16-9-5-10-17-23/h4-5,7-10,12-17,19,21,25,27H,1-3,6,11,18,20H2. The van der Waals surface area contributed by atoms with Gasteiger partial charge in [-0.2, -0.15) is 0 Å². The topological polar surface area (TPSA) is 20.2 Å². The van der Waals surface area contributed by atoms with Crippen LogP contribution in [0.15, 0.2) is 84.9 Å². The van der Waals surface area contributed by atoms with Crippen molar-refractivity contribution in [3.8, 4) is 5.75 Å². The fraction of sp³-hybridized carbons (Fsp3) is 0.308. The lowest BCUT2D eigenvalue weighted by Gasteiger charge is -2.18. The fourth-order valence-electron chi connectivity index (χ4n) is 3.81. The Morgan fingerprint density at radius 2 is 1.07 bits per heavy atom. The van der Waals surface area contributed by atoms with Crippen LogP contribution >= 0.6 is 0 Å². The molecule has 0 aliphatic rings. The van der Waals surface area contributed by atoms with E-state index in [-0.39, 0.29) is 0 Å². The van der Waals surface area contributed by atoms with Crippen molar-refractivity contribution >= 4 is 0 Å². The molecule has 3 aromatic carbocycles. The molecule has 0 aromatic heterocycles. The molecule has 0 aliphatic heterocycles. The third-order valence-electron chi connectivity index (χ3n) is 5.33. The Hall–Kier alpha value is -2.54. The minimum Gasteiger partial charge on any atom is -0.508 e. The molecule has 0 fully saturated rings. The van der Waals surface area contributed by atoms with Gasteiger partial charge in [0.2, 0.25) is 0 Å². The van der Waals surface area contributed by atoms with Crippen LogP contribution in [0, 0.1) is 0 Å². The largest absolute Gasteiger partial charge is 0.508 e. The van der Waals surface area contributed by atoms with Crippen LogP contribution in [-0.4, -0.2) is 5.11 Å². The summed E-state index contributed by atoms with van der Waals surface area (Å²) in [6.07, 6.45) is 8.36. The van der Waals surface area contributed by atoms with Gasteiger partial charge in [-0.25, -0.2) is 0 Å². The number of aromatic hydroxyl groups is 1. The number of unbranched alkanes of at least 4 members (excludes halogenated alkanes) is 4. The number of hydrogen-bond acceptors (Lipinski definition) is 1. The predicted molar refractivity (Wildman–Crippen MR) is 114 cm³/mol. The molecular weight excluding hydrogens is 328 g/mol. The van der Waals surface area contributed by atoms with Crippen LogP contribution < -0.4 is 0 Å². The van der Waals surface area contributed by atoms with Gasteiger partial charge in [0.1, 0.15) is 5.75 Å². The molecule has 1 nitrogen and oxygen atoms in total. The maximum Gasteiger partial charge on any atom is 0.118 e. The van der Waals surface area contributed by atoms with Gasteiger partial charge < -0.3 is 5.11 Å². The van der Waals surface area contributed by atoms with Crippen LogP contribution in [0.5, 0.6) is 5.75 Å². The quantitative estimate of drug-likeness (QED) is 0.383. The highest BCUT2D eigenvalue weighted by Gasteiger charge is 2.13. The summed E-state index contributed by atoms with van der Waals surface area (Å²) in [4.78, 5) is 0. The molecule has 27 heavy (non-hydrogen) atoms. The van der Waals surface area contributed by atoms with Crippen LogP contribution in [0.4, 0.5) is 0 Å². The maximum absolute atomic E-state index is 9.83. The van der Waals surface area contributed by atoms with Gasteiger partial charge in [-0.3, -0.25) is 0 Å². The lowest BCUT2D eigenvalue weighted by atomic mass is 9.87. The van der Waals surface area contributed by atoms with Gasteiger partial charge in [0.15, 0.2) is 0 Å². The van der Waals surface area contributed by atoms with Crippen molar-refractivity contribution in [2.24, 2.45) is 0 Å². The average molecular weight is 359 g/mol. The van der Waals surface area contributed by atoms with Gasteiger partial charge in [-0.15, -0.1) is 0 Å². The summed E-state index contributed by atoms with van der Waals surface area (Å²) < 4.78 is 0. The monoisotopic (exact) mass is 358 g/mol. The van der Waals surface area contributed by atoms with E-state index < -0.39 is 0 Å². The molecule has 3 rings (SSSR count). The number of benzene rings is 3. The second kappa shape index (κ2) is 10.6. The first kappa shape index (κ1) is 19.2. The number of hydrogen-bond donors (Lipinski definition) is 1. The first-order valence-corrected chi connectivity index (χ1v) is 10.2. The first-order chi connectivity index (χ1) is 13.3. The molecule has 0 heterocycles. The SMILES string of the molecule is Oc1ccccc1CCCCCCCC(c1ccccc1)c1ccccc1. The summed E-state index contributed by atoms with van der Waals surface area (Å²) in [5.41, 5.74) is 3.91. The molecule has 1 heteroatoms. The normalized spacial score (nSPS) is 11.0. The van der Waals surface area contributed by atoms with Gasteiger partial charge in [-0.05, 0) is 42.0 Å². The Morgan fingerprint density at radius 1 is 0.556 bits per heavy atom. The highest BCUT2D eigenvalue weighted by atomic mass is 16.3. The highest BCUT2D eigenvalue weighted by Crippen LogP contribution is 2.30. The smallest absolute Gasteiger partial charge is 0.118 e. The molecule has 0 amide bonds. The predicted octanol–water partition coefficient (Wildman–Crippen LogP) is 7.11. The van der Waals surface area contributed by atoms with Crippen LogP contribution in [0.25, 0.3) is 0 Å². The molecular formula is C26H30O. The van der Waals surface area contributed by atoms with Gasteiger partial charge in [0, 0.05) is 5.92 Å². The lowest BCUT2D eigenvalue weighted by molar-refractivity contribution is 0.466. The van der Waals surface area contributed by atoms with Crippen molar-refractivity contribution in [2.45, 2.75) is 50.9 Å². The fourth-order valence-corrected chi connectivity index (χ4v) is 3.81. The number of aryl methyl sites for hydroxylation is 1. The van der Waals surface area contributed by atoms with E-state index in [1.165, 1.54) is 43.2 Å². The minimum atomic E-state index is 0.436. The minimum absolute atomic E-state index is 0.436. The van der Waals surface area contributed by atoms with E-state index in [1.807, 2.05) is 18.2 Å². The second-order valence-electron chi connectivity index (χ2n) is 7.31. The van der Waals surface area contributed by atoms with Crippen LogP contribution in [-0.2, 0) is 6.42 Å². The maximum atomic E-state index is 9.83. The molecule has 0 radical (unpaired) electrons. The summed E-state index contributed by atoms with van der Waals surface area (Å²) >= 11 is 0. The third-order valence-corrected chi connectivity index (χ3v) is 5.33. The second-order valence-corrected chi connectivity index (χ2v) is 7.31. The molecule has 0 bridgehead atoms. The molecule has 140 valence electrons. The Labute approximate surface area is 163 Å². The number of phenols is 1. The van der Waals surface area contributed by atoms with Crippen molar-refractivity contribution in [3.63, 3.8) is 0 Å². The van der Waals surface area contributed by atoms with E-state index in [0.717, 1.165) is 18.4 Å². The molecule has 1 N–H and O–H groups in total. The van der Waals surface area contributed by atoms with E-state index in [1.54, 1.807) is 6.07 Å². The Balaban J connectivity index is 1.43. The molecule has 3 aromatic rings. The van der Waals surface area contributed by atoms with Crippen molar-refractivity contribution in [1.29, 1.82) is 0 Å². The van der Waals surface area contributed by atoms with Crippen molar-refractivity contribution in [2.75, 3.05) is 0 Å². The van der Waals surface area contributed by atoms with Crippen LogP contribution in [0.2, 0.25) is 0 Å². The van der Waals surface area contributed by atoms with E-state index >= 15 is 0 Å². The number of rotatable bonds is 10. The van der Waals surface area contributed by atoms with E-state index in [2.05, 4.69) is 60.7 Å². The average Bonchev–Trinajstić information content (AvgIpc) is 2.72.